The van der Waals surface area contributed by atoms with Crippen LogP contribution in [0.2, 0.25) is 0 Å². The van der Waals surface area contributed by atoms with Crippen LogP contribution in [0.1, 0.15) is 46.1 Å². The minimum Gasteiger partial charge on any atom is -0.306 e. The number of pyridine rings is 1. The molecule has 2 fully saturated rings. The molecule has 2 aromatic heterocycles. The van der Waals surface area contributed by atoms with Gasteiger partial charge in [-0.2, -0.15) is 0 Å². The molecule has 0 bridgehead atoms. The van der Waals surface area contributed by atoms with Crippen molar-refractivity contribution in [1.29, 1.82) is 0 Å². The van der Waals surface area contributed by atoms with E-state index >= 15 is 0 Å². The number of hydrogen-bond donors (Lipinski definition) is 0. The molecule has 0 saturated heterocycles. The summed E-state index contributed by atoms with van der Waals surface area (Å²) < 4.78 is 0. The van der Waals surface area contributed by atoms with Crippen molar-refractivity contribution in [1.82, 2.24) is 9.97 Å². The van der Waals surface area contributed by atoms with Crippen LogP contribution in [-0.2, 0) is 6.42 Å². The quantitative estimate of drug-likeness (QED) is 0.809. The molecule has 0 radical (unpaired) electrons. The molecule has 2 aliphatic rings. The van der Waals surface area contributed by atoms with E-state index < -0.39 is 0 Å². The van der Waals surface area contributed by atoms with Crippen molar-refractivity contribution in [3.8, 4) is 0 Å². The Hall–Kier alpha value is -1.75. The molecule has 0 aromatic carbocycles. The molecule has 5 heteroatoms. The SMILES string of the molecule is Cc1nc(CC2CC2)sc1C(=O)N(CC1CC1)c1cccnc1. The third-order valence-corrected chi connectivity index (χ3v) is 5.70. The highest BCUT2D eigenvalue weighted by molar-refractivity contribution is 7.14. The highest BCUT2D eigenvalue weighted by Gasteiger charge is 2.31. The van der Waals surface area contributed by atoms with Crippen molar-refractivity contribution in [2.45, 2.75) is 39.0 Å². The molecule has 23 heavy (non-hydrogen) atoms. The normalized spacial score (nSPS) is 17.3. The third-order valence-electron chi connectivity index (χ3n) is 4.54. The van der Waals surface area contributed by atoms with Crippen LogP contribution >= 0.6 is 11.3 Å². The van der Waals surface area contributed by atoms with Crippen molar-refractivity contribution in [2.75, 3.05) is 11.4 Å². The van der Waals surface area contributed by atoms with Gasteiger partial charge >= 0.3 is 0 Å². The van der Waals surface area contributed by atoms with Gasteiger partial charge in [-0.25, -0.2) is 4.98 Å². The van der Waals surface area contributed by atoms with Crippen molar-refractivity contribution < 1.29 is 4.79 Å². The Kier molecular flexibility index (Phi) is 3.89. The number of amides is 1. The van der Waals surface area contributed by atoms with Gasteiger partial charge in [-0.1, -0.05) is 0 Å². The zero-order chi connectivity index (χ0) is 15.8. The predicted molar refractivity (Wildman–Crippen MR) is 91.9 cm³/mol. The van der Waals surface area contributed by atoms with E-state index in [1.54, 1.807) is 23.7 Å². The molecule has 2 heterocycles. The smallest absolute Gasteiger partial charge is 0.270 e. The lowest BCUT2D eigenvalue weighted by atomic mass is 10.2. The van der Waals surface area contributed by atoms with E-state index in [-0.39, 0.29) is 5.91 Å². The maximum atomic E-state index is 13.1. The van der Waals surface area contributed by atoms with E-state index in [0.717, 1.165) is 40.1 Å². The van der Waals surface area contributed by atoms with E-state index in [0.29, 0.717) is 5.92 Å². The third kappa shape index (κ3) is 3.44. The molecular weight excluding hydrogens is 306 g/mol. The van der Waals surface area contributed by atoms with E-state index in [1.807, 2.05) is 24.0 Å². The van der Waals surface area contributed by atoms with Gasteiger partial charge in [0.15, 0.2) is 0 Å². The second-order valence-electron chi connectivity index (χ2n) is 6.74. The molecule has 0 N–H and O–H groups in total. The standard InChI is InChI=1S/C18H21N3OS/c1-12-17(23-16(20-12)9-13-4-5-13)18(22)21(11-14-6-7-14)15-3-2-8-19-10-15/h2-3,8,10,13-14H,4-7,9,11H2,1H3. The highest BCUT2D eigenvalue weighted by Crippen LogP contribution is 2.36. The van der Waals surface area contributed by atoms with Gasteiger partial charge in [0.1, 0.15) is 4.88 Å². The number of rotatable bonds is 6. The lowest BCUT2D eigenvalue weighted by Crippen LogP contribution is -2.32. The van der Waals surface area contributed by atoms with Gasteiger partial charge < -0.3 is 4.90 Å². The summed E-state index contributed by atoms with van der Waals surface area (Å²) in [5.41, 5.74) is 1.77. The minimum absolute atomic E-state index is 0.0851. The number of nitrogens with zero attached hydrogens (tertiary/aromatic N) is 3. The second kappa shape index (κ2) is 6.04. The molecule has 4 rings (SSSR count). The fourth-order valence-electron chi connectivity index (χ4n) is 2.81. The minimum atomic E-state index is 0.0851. The Morgan fingerprint density at radius 2 is 2.09 bits per heavy atom. The monoisotopic (exact) mass is 327 g/mol. The van der Waals surface area contributed by atoms with E-state index in [9.17, 15) is 4.79 Å². The first kappa shape index (κ1) is 14.8. The first-order valence-corrected chi connectivity index (χ1v) is 9.20. The molecule has 2 saturated carbocycles. The molecule has 0 unspecified atom stereocenters. The van der Waals surface area contributed by atoms with Gasteiger partial charge in [0.25, 0.3) is 5.91 Å². The average Bonchev–Trinajstić information content (AvgIpc) is 3.46. The van der Waals surface area contributed by atoms with Crippen LogP contribution in [0.5, 0.6) is 0 Å². The Labute approximate surface area is 140 Å². The fraction of sp³-hybridized carbons (Fsp3) is 0.500. The zero-order valence-electron chi connectivity index (χ0n) is 13.4. The first-order valence-electron chi connectivity index (χ1n) is 8.39. The number of aromatic nitrogens is 2. The van der Waals surface area contributed by atoms with E-state index in [4.69, 9.17) is 0 Å². The molecule has 0 atom stereocenters. The Bertz CT molecular complexity index is 704. The summed E-state index contributed by atoms with van der Waals surface area (Å²) in [4.78, 5) is 24.6. The summed E-state index contributed by atoms with van der Waals surface area (Å²) in [6.45, 7) is 2.75. The van der Waals surface area contributed by atoms with E-state index in [2.05, 4.69) is 9.97 Å². The number of thiazole rings is 1. The van der Waals surface area contributed by atoms with Crippen molar-refractivity contribution in [3.63, 3.8) is 0 Å². The van der Waals surface area contributed by atoms with Gasteiger partial charge in [0.05, 0.1) is 22.6 Å². The largest absolute Gasteiger partial charge is 0.306 e. The summed E-state index contributed by atoms with van der Waals surface area (Å²) in [5, 5.41) is 1.12. The molecule has 1 amide bonds. The van der Waals surface area contributed by atoms with Gasteiger partial charge in [-0.15, -0.1) is 11.3 Å². The topological polar surface area (TPSA) is 46.1 Å². The molecule has 2 aliphatic carbocycles. The van der Waals surface area contributed by atoms with Crippen molar-refractivity contribution >= 4 is 22.9 Å². The summed E-state index contributed by atoms with van der Waals surface area (Å²) >= 11 is 1.58. The van der Waals surface area contributed by atoms with E-state index in [1.165, 1.54) is 25.7 Å². The second-order valence-corrected chi connectivity index (χ2v) is 7.82. The van der Waals surface area contributed by atoms with Crippen LogP contribution in [0.3, 0.4) is 0 Å². The molecule has 4 nitrogen and oxygen atoms in total. The van der Waals surface area contributed by atoms with Crippen LogP contribution < -0.4 is 4.90 Å². The lowest BCUT2D eigenvalue weighted by molar-refractivity contribution is 0.0988. The number of carbonyl (C=O) groups is 1. The molecule has 0 aliphatic heterocycles. The maximum Gasteiger partial charge on any atom is 0.270 e. The van der Waals surface area contributed by atoms with Crippen LogP contribution in [0.25, 0.3) is 0 Å². The van der Waals surface area contributed by atoms with Crippen molar-refractivity contribution in [2.24, 2.45) is 11.8 Å². The molecule has 2 aromatic rings. The highest BCUT2D eigenvalue weighted by atomic mass is 32.1. The zero-order valence-corrected chi connectivity index (χ0v) is 14.2. The van der Waals surface area contributed by atoms with Crippen LogP contribution in [0.15, 0.2) is 24.5 Å². The fourth-order valence-corrected chi connectivity index (χ4v) is 3.94. The summed E-state index contributed by atoms with van der Waals surface area (Å²) in [5.74, 6) is 1.52. The summed E-state index contributed by atoms with van der Waals surface area (Å²) in [6.07, 6.45) is 9.62. The van der Waals surface area contributed by atoms with Gasteiger partial charge in [-0.3, -0.25) is 9.78 Å². The van der Waals surface area contributed by atoms with Crippen LogP contribution in [0.4, 0.5) is 5.69 Å². The molecule has 120 valence electrons. The number of aryl methyl sites for hydroxylation is 1. The predicted octanol–water partition coefficient (Wildman–Crippen LogP) is 3.86. The number of carbonyl (C=O) groups excluding carboxylic acids is 1. The van der Waals surface area contributed by atoms with Gasteiger partial charge in [0.2, 0.25) is 0 Å². The van der Waals surface area contributed by atoms with Crippen molar-refractivity contribution in [3.05, 3.63) is 40.1 Å². The van der Waals surface area contributed by atoms with Crippen LogP contribution in [-0.4, -0.2) is 22.4 Å². The summed E-state index contributed by atoms with van der Waals surface area (Å²) in [6, 6.07) is 3.86. The van der Waals surface area contributed by atoms with Gasteiger partial charge in [0, 0.05) is 19.2 Å². The Morgan fingerprint density at radius 3 is 2.74 bits per heavy atom. The summed E-state index contributed by atoms with van der Waals surface area (Å²) in [7, 11) is 0. The average molecular weight is 327 g/mol. The molecular formula is C18H21N3OS. The Balaban J connectivity index is 1.59. The number of anilines is 1. The first-order chi connectivity index (χ1) is 11.2. The molecule has 0 spiro atoms. The van der Waals surface area contributed by atoms with Gasteiger partial charge in [-0.05, 0) is 56.6 Å². The number of hydrogen-bond acceptors (Lipinski definition) is 4. The maximum absolute atomic E-state index is 13.1. The van der Waals surface area contributed by atoms with Crippen LogP contribution in [0, 0.1) is 18.8 Å². The Morgan fingerprint density at radius 1 is 1.30 bits per heavy atom. The lowest BCUT2D eigenvalue weighted by Gasteiger charge is -2.22.